The van der Waals surface area contributed by atoms with Gasteiger partial charge in [-0.2, -0.15) is 0 Å². The summed E-state index contributed by atoms with van der Waals surface area (Å²) in [6.07, 6.45) is 4.96. The van der Waals surface area contributed by atoms with Gasteiger partial charge < -0.3 is 4.90 Å². The minimum absolute atomic E-state index is 0.0300. The summed E-state index contributed by atoms with van der Waals surface area (Å²) in [5, 5.41) is 12.0. The molecule has 6 nitrogen and oxygen atoms in total. The van der Waals surface area contributed by atoms with Crippen LogP contribution in [0.1, 0.15) is 41.6 Å². The molecule has 0 radical (unpaired) electrons. The van der Waals surface area contributed by atoms with Crippen LogP contribution >= 0.6 is 0 Å². The zero-order valence-electron chi connectivity index (χ0n) is 19.1. The van der Waals surface area contributed by atoms with Crippen molar-refractivity contribution in [3.05, 3.63) is 90.1 Å². The van der Waals surface area contributed by atoms with Crippen molar-refractivity contribution in [3.63, 3.8) is 0 Å². The highest BCUT2D eigenvalue weighted by Crippen LogP contribution is 2.21. The molecule has 0 atom stereocenters. The molecule has 2 N–H and O–H groups in total. The zero-order chi connectivity index (χ0) is 23.8. The maximum atomic E-state index is 13.7. The van der Waals surface area contributed by atoms with Crippen LogP contribution < -0.4 is 5.48 Å². The van der Waals surface area contributed by atoms with Gasteiger partial charge >= 0.3 is 0 Å². The van der Waals surface area contributed by atoms with Crippen LogP contribution in [0.15, 0.2) is 79.0 Å². The van der Waals surface area contributed by atoms with Crippen molar-refractivity contribution in [1.29, 1.82) is 0 Å². The lowest BCUT2D eigenvalue weighted by molar-refractivity contribution is -0.129. The minimum atomic E-state index is -0.384. The first-order chi connectivity index (χ1) is 16.7. The molecule has 0 unspecified atom stereocenters. The first kappa shape index (κ1) is 23.4. The van der Waals surface area contributed by atoms with Crippen LogP contribution in [0.4, 0.5) is 0 Å². The van der Waals surface area contributed by atoms with Crippen LogP contribution in [0.3, 0.4) is 0 Å². The van der Waals surface area contributed by atoms with E-state index in [4.69, 9.17) is 5.21 Å². The molecule has 0 aliphatic rings. The molecule has 2 amide bonds. The quantitative estimate of drug-likeness (QED) is 0.197. The molecule has 6 heteroatoms. The second-order valence-corrected chi connectivity index (χ2v) is 8.41. The number of para-hydroxylation sites is 1. The fraction of sp³-hybridized carbons (Fsp3) is 0.250. The largest absolute Gasteiger partial charge is 0.338 e. The van der Waals surface area contributed by atoms with Crippen molar-refractivity contribution in [2.45, 2.75) is 32.1 Å². The van der Waals surface area contributed by atoms with Crippen molar-refractivity contribution in [2.75, 3.05) is 13.1 Å². The topological polar surface area (TPSA) is 82.5 Å². The van der Waals surface area contributed by atoms with Crippen LogP contribution in [-0.2, 0) is 11.2 Å². The highest BCUT2D eigenvalue weighted by molar-refractivity contribution is 6.05. The van der Waals surface area contributed by atoms with E-state index in [0.717, 1.165) is 24.6 Å². The number of pyridine rings is 1. The van der Waals surface area contributed by atoms with E-state index >= 15 is 0 Å². The molecule has 0 aliphatic heterocycles. The predicted octanol–water partition coefficient (Wildman–Crippen LogP) is 5.14. The van der Waals surface area contributed by atoms with Gasteiger partial charge in [-0.05, 0) is 47.7 Å². The summed E-state index contributed by atoms with van der Waals surface area (Å²) < 4.78 is 0. The summed E-state index contributed by atoms with van der Waals surface area (Å²) in [4.78, 5) is 31.3. The molecular weight excluding hydrogens is 426 g/mol. The molecule has 4 aromatic rings. The van der Waals surface area contributed by atoms with Crippen molar-refractivity contribution in [2.24, 2.45) is 0 Å². The highest BCUT2D eigenvalue weighted by atomic mass is 16.5. The molecular formula is C28H29N3O3. The molecule has 0 aliphatic carbocycles. The van der Waals surface area contributed by atoms with Gasteiger partial charge in [0, 0.05) is 31.1 Å². The molecule has 174 valence electrons. The molecule has 34 heavy (non-hydrogen) atoms. The van der Waals surface area contributed by atoms with Crippen LogP contribution in [0, 0.1) is 0 Å². The number of benzene rings is 3. The Kier molecular flexibility index (Phi) is 7.83. The number of aromatic nitrogens is 1. The Hall–Kier alpha value is -3.77. The number of fused-ring (bicyclic) bond motifs is 2. The van der Waals surface area contributed by atoms with E-state index in [2.05, 4.69) is 35.3 Å². The summed E-state index contributed by atoms with van der Waals surface area (Å²) in [6, 6.07) is 24.1. The predicted molar refractivity (Wildman–Crippen MR) is 134 cm³/mol. The number of hydroxylamine groups is 1. The SMILES string of the molecule is O=C(CCCCCN(CCc1cccc2ccccc12)C(=O)c1cccc2cccnc12)NO. The maximum absolute atomic E-state index is 13.7. The Morgan fingerprint density at radius 3 is 2.47 bits per heavy atom. The fourth-order valence-electron chi connectivity index (χ4n) is 4.35. The Labute approximate surface area is 199 Å². The van der Waals surface area contributed by atoms with Crippen LogP contribution in [-0.4, -0.2) is 40.0 Å². The summed E-state index contributed by atoms with van der Waals surface area (Å²) in [7, 11) is 0. The smallest absolute Gasteiger partial charge is 0.256 e. The fourth-order valence-corrected chi connectivity index (χ4v) is 4.35. The van der Waals surface area contributed by atoms with Gasteiger partial charge in [0.2, 0.25) is 5.91 Å². The van der Waals surface area contributed by atoms with Gasteiger partial charge in [-0.3, -0.25) is 19.8 Å². The van der Waals surface area contributed by atoms with E-state index in [1.165, 1.54) is 16.3 Å². The third-order valence-corrected chi connectivity index (χ3v) is 6.14. The lowest BCUT2D eigenvalue weighted by Crippen LogP contribution is -2.34. The number of unbranched alkanes of at least 4 members (excludes halogenated alkanes) is 2. The standard InChI is InChI=1S/C28H29N3O3/c32-26(30-34)16-2-1-5-19-31(20-17-22-11-6-10-21-9-3-4-14-24(21)22)28(33)25-15-7-12-23-13-8-18-29-27(23)25/h3-4,6-15,18,34H,1-2,5,16-17,19-20H2,(H,30,32). The normalized spacial score (nSPS) is 11.0. The van der Waals surface area contributed by atoms with E-state index in [9.17, 15) is 9.59 Å². The zero-order valence-corrected chi connectivity index (χ0v) is 19.1. The van der Waals surface area contributed by atoms with E-state index in [1.54, 1.807) is 11.7 Å². The molecule has 0 spiro atoms. The molecule has 3 aromatic carbocycles. The average Bonchev–Trinajstić information content (AvgIpc) is 2.89. The number of nitrogens with one attached hydrogen (secondary N) is 1. The molecule has 1 aromatic heterocycles. The third kappa shape index (κ3) is 5.58. The Morgan fingerprint density at radius 1 is 0.824 bits per heavy atom. The molecule has 0 saturated heterocycles. The number of amides is 2. The molecule has 0 saturated carbocycles. The van der Waals surface area contributed by atoms with Gasteiger partial charge in [0.1, 0.15) is 0 Å². The van der Waals surface area contributed by atoms with Crippen molar-refractivity contribution in [1.82, 2.24) is 15.4 Å². The van der Waals surface area contributed by atoms with E-state index in [0.29, 0.717) is 30.6 Å². The molecule has 0 bridgehead atoms. The van der Waals surface area contributed by atoms with E-state index in [1.807, 2.05) is 47.4 Å². The molecule has 4 rings (SSSR count). The summed E-state index contributed by atoms with van der Waals surface area (Å²) in [5.74, 6) is -0.414. The lowest BCUT2D eigenvalue weighted by atomic mass is 10.0. The highest BCUT2D eigenvalue weighted by Gasteiger charge is 2.19. The number of hydrogen-bond acceptors (Lipinski definition) is 4. The van der Waals surface area contributed by atoms with Gasteiger partial charge in [0.25, 0.3) is 5.91 Å². The van der Waals surface area contributed by atoms with Gasteiger partial charge in [-0.25, -0.2) is 5.48 Å². The van der Waals surface area contributed by atoms with E-state index < -0.39 is 0 Å². The van der Waals surface area contributed by atoms with Crippen molar-refractivity contribution < 1.29 is 14.8 Å². The van der Waals surface area contributed by atoms with Crippen LogP contribution in [0.5, 0.6) is 0 Å². The summed E-state index contributed by atoms with van der Waals surface area (Å²) in [5.41, 5.74) is 4.20. The maximum Gasteiger partial charge on any atom is 0.256 e. The van der Waals surface area contributed by atoms with Gasteiger partial charge in [-0.1, -0.05) is 67.1 Å². The Balaban J connectivity index is 1.52. The second-order valence-electron chi connectivity index (χ2n) is 8.41. The monoisotopic (exact) mass is 455 g/mol. The Bertz CT molecular complexity index is 1280. The van der Waals surface area contributed by atoms with Gasteiger partial charge in [-0.15, -0.1) is 0 Å². The van der Waals surface area contributed by atoms with Crippen LogP contribution in [0.2, 0.25) is 0 Å². The van der Waals surface area contributed by atoms with Gasteiger partial charge in [0.05, 0.1) is 11.1 Å². The second kappa shape index (κ2) is 11.4. The first-order valence-corrected chi connectivity index (χ1v) is 11.7. The summed E-state index contributed by atoms with van der Waals surface area (Å²) >= 11 is 0. The molecule has 1 heterocycles. The average molecular weight is 456 g/mol. The number of carbonyl (C=O) groups is 2. The Morgan fingerprint density at radius 2 is 1.59 bits per heavy atom. The third-order valence-electron chi connectivity index (χ3n) is 6.14. The van der Waals surface area contributed by atoms with Gasteiger partial charge in [0.15, 0.2) is 0 Å². The van der Waals surface area contributed by atoms with Crippen molar-refractivity contribution in [3.8, 4) is 0 Å². The summed E-state index contributed by atoms with van der Waals surface area (Å²) in [6.45, 7) is 1.18. The first-order valence-electron chi connectivity index (χ1n) is 11.7. The number of carbonyl (C=O) groups excluding carboxylic acids is 2. The molecule has 0 fully saturated rings. The lowest BCUT2D eigenvalue weighted by Gasteiger charge is -2.24. The minimum Gasteiger partial charge on any atom is -0.338 e. The van der Waals surface area contributed by atoms with Crippen LogP contribution in [0.25, 0.3) is 21.7 Å². The van der Waals surface area contributed by atoms with E-state index in [-0.39, 0.29) is 18.2 Å². The number of rotatable bonds is 10. The number of nitrogens with zero attached hydrogens (tertiary/aromatic N) is 2. The number of hydrogen-bond donors (Lipinski definition) is 2. The van der Waals surface area contributed by atoms with Crippen molar-refractivity contribution >= 4 is 33.5 Å².